The van der Waals surface area contributed by atoms with Gasteiger partial charge in [0.15, 0.2) is 0 Å². The number of imidazole rings is 1. The van der Waals surface area contributed by atoms with E-state index in [1.807, 2.05) is 49.4 Å². The van der Waals surface area contributed by atoms with Crippen molar-refractivity contribution >= 4 is 23.0 Å². The third kappa shape index (κ3) is 3.30. The van der Waals surface area contributed by atoms with Crippen LogP contribution in [0, 0.1) is 6.92 Å². The van der Waals surface area contributed by atoms with Gasteiger partial charge in [-0.1, -0.05) is 36.4 Å². The molecule has 3 rings (SSSR count). The van der Waals surface area contributed by atoms with Gasteiger partial charge in [-0.05, 0) is 36.3 Å². The van der Waals surface area contributed by atoms with Crippen molar-refractivity contribution < 1.29 is 10.0 Å². The van der Waals surface area contributed by atoms with E-state index in [0.29, 0.717) is 0 Å². The summed E-state index contributed by atoms with van der Waals surface area (Å²) >= 11 is 0. The highest BCUT2D eigenvalue weighted by Gasteiger charge is 2.06. The lowest BCUT2D eigenvalue weighted by atomic mass is 10.1. The second-order valence-corrected chi connectivity index (χ2v) is 5.28. The molecule has 0 aliphatic rings. The summed E-state index contributed by atoms with van der Waals surface area (Å²) < 4.78 is 2.18. The van der Waals surface area contributed by atoms with E-state index < -0.39 is 5.91 Å². The third-order valence-electron chi connectivity index (χ3n) is 3.70. The number of aromatic nitrogens is 2. The Kier molecular flexibility index (Phi) is 4.21. The molecule has 5 heteroatoms. The molecule has 0 aliphatic heterocycles. The molecule has 1 amide bonds. The zero-order chi connectivity index (χ0) is 16.2. The van der Waals surface area contributed by atoms with Gasteiger partial charge in [-0.25, -0.2) is 10.5 Å². The molecule has 3 aromatic rings. The summed E-state index contributed by atoms with van der Waals surface area (Å²) in [4.78, 5) is 15.5. The number of aryl methyl sites for hydroxylation is 1. The number of hydroxylamine groups is 1. The van der Waals surface area contributed by atoms with Crippen molar-refractivity contribution in [1.82, 2.24) is 15.0 Å². The first kappa shape index (κ1) is 15.0. The molecule has 0 saturated carbocycles. The molecular formula is C18H17N3O2. The van der Waals surface area contributed by atoms with Crippen LogP contribution in [0.4, 0.5) is 0 Å². The van der Waals surface area contributed by atoms with Gasteiger partial charge >= 0.3 is 0 Å². The van der Waals surface area contributed by atoms with E-state index in [1.165, 1.54) is 6.08 Å². The number of amides is 1. The van der Waals surface area contributed by atoms with E-state index >= 15 is 0 Å². The van der Waals surface area contributed by atoms with Gasteiger partial charge in [0, 0.05) is 12.6 Å². The minimum absolute atomic E-state index is 0.547. The van der Waals surface area contributed by atoms with E-state index in [2.05, 4.69) is 15.6 Å². The summed E-state index contributed by atoms with van der Waals surface area (Å²) in [7, 11) is 0. The fourth-order valence-corrected chi connectivity index (χ4v) is 2.52. The molecule has 0 saturated heterocycles. The van der Waals surface area contributed by atoms with Crippen LogP contribution < -0.4 is 5.48 Å². The maximum atomic E-state index is 11.0. The van der Waals surface area contributed by atoms with Crippen LogP contribution in [0.15, 0.2) is 54.6 Å². The van der Waals surface area contributed by atoms with Gasteiger partial charge in [0.1, 0.15) is 5.82 Å². The second kappa shape index (κ2) is 6.46. The van der Waals surface area contributed by atoms with E-state index in [0.717, 1.165) is 34.5 Å². The predicted octanol–water partition coefficient (Wildman–Crippen LogP) is 2.91. The zero-order valence-electron chi connectivity index (χ0n) is 12.7. The van der Waals surface area contributed by atoms with Gasteiger partial charge < -0.3 is 4.57 Å². The SMILES string of the molecule is Cc1nc2ccccc2n1Cc1ccc(C=CC(=O)NO)cc1. The van der Waals surface area contributed by atoms with Crippen LogP contribution in [0.1, 0.15) is 17.0 Å². The first-order chi connectivity index (χ1) is 11.2. The van der Waals surface area contributed by atoms with Crippen LogP contribution in [0.3, 0.4) is 0 Å². The van der Waals surface area contributed by atoms with Crippen LogP contribution in [0.2, 0.25) is 0 Å². The maximum absolute atomic E-state index is 11.0. The molecule has 1 aromatic heterocycles. The highest BCUT2D eigenvalue weighted by molar-refractivity contribution is 5.90. The lowest BCUT2D eigenvalue weighted by molar-refractivity contribution is -0.124. The van der Waals surface area contributed by atoms with Gasteiger partial charge in [0.2, 0.25) is 0 Å². The Balaban J connectivity index is 1.81. The van der Waals surface area contributed by atoms with Crippen LogP contribution >= 0.6 is 0 Å². The Hall–Kier alpha value is -2.92. The number of benzene rings is 2. The molecule has 0 fully saturated rings. The van der Waals surface area contributed by atoms with Gasteiger partial charge in [-0.3, -0.25) is 10.0 Å². The molecule has 2 aromatic carbocycles. The summed E-state index contributed by atoms with van der Waals surface area (Å²) in [5.41, 5.74) is 5.73. The van der Waals surface area contributed by atoms with Crippen LogP contribution in [-0.4, -0.2) is 20.7 Å². The van der Waals surface area contributed by atoms with E-state index in [-0.39, 0.29) is 0 Å². The Bertz CT molecular complexity index is 864. The number of rotatable bonds is 4. The normalized spacial score (nSPS) is 11.2. The average Bonchev–Trinajstić information content (AvgIpc) is 2.89. The molecule has 0 unspecified atom stereocenters. The topological polar surface area (TPSA) is 67.2 Å². The summed E-state index contributed by atoms with van der Waals surface area (Å²) in [5, 5.41) is 8.45. The van der Waals surface area contributed by atoms with Crippen LogP contribution in [0.25, 0.3) is 17.1 Å². The molecule has 0 bridgehead atoms. The molecule has 5 nitrogen and oxygen atoms in total. The number of carbonyl (C=O) groups is 1. The Labute approximate surface area is 133 Å². The van der Waals surface area contributed by atoms with Crippen molar-refractivity contribution in [2.75, 3.05) is 0 Å². The third-order valence-corrected chi connectivity index (χ3v) is 3.70. The standard InChI is InChI=1S/C18H17N3O2/c1-13-19-16-4-2-3-5-17(16)21(13)12-15-8-6-14(7-9-15)10-11-18(22)20-23/h2-11,23H,12H2,1H3,(H,20,22). The molecule has 23 heavy (non-hydrogen) atoms. The predicted molar refractivity (Wildman–Crippen MR) is 89.0 cm³/mol. The molecular weight excluding hydrogens is 290 g/mol. The number of hydrogen-bond donors (Lipinski definition) is 2. The van der Waals surface area contributed by atoms with Gasteiger partial charge in [0.25, 0.3) is 5.91 Å². The lowest BCUT2D eigenvalue weighted by Crippen LogP contribution is -2.14. The Morgan fingerprint density at radius 2 is 1.96 bits per heavy atom. The maximum Gasteiger partial charge on any atom is 0.267 e. The van der Waals surface area contributed by atoms with Crippen molar-refractivity contribution in [3.05, 3.63) is 71.6 Å². The molecule has 0 radical (unpaired) electrons. The molecule has 2 N–H and O–H groups in total. The number of para-hydroxylation sites is 2. The minimum atomic E-state index is -0.547. The number of carbonyl (C=O) groups excluding carboxylic acids is 1. The second-order valence-electron chi connectivity index (χ2n) is 5.28. The van der Waals surface area contributed by atoms with Crippen LogP contribution in [0.5, 0.6) is 0 Å². The van der Waals surface area contributed by atoms with Crippen molar-refractivity contribution in [1.29, 1.82) is 0 Å². The van der Waals surface area contributed by atoms with E-state index in [1.54, 1.807) is 11.6 Å². The smallest absolute Gasteiger partial charge is 0.267 e. The van der Waals surface area contributed by atoms with Crippen molar-refractivity contribution in [2.45, 2.75) is 13.5 Å². The van der Waals surface area contributed by atoms with Gasteiger partial charge in [0.05, 0.1) is 11.0 Å². The molecule has 0 spiro atoms. The first-order valence-electron chi connectivity index (χ1n) is 7.30. The fraction of sp³-hybridized carbons (Fsp3) is 0.111. The van der Waals surface area contributed by atoms with Crippen molar-refractivity contribution in [2.24, 2.45) is 0 Å². The molecule has 0 aliphatic carbocycles. The quantitative estimate of drug-likeness (QED) is 0.442. The average molecular weight is 307 g/mol. The lowest BCUT2D eigenvalue weighted by Gasteiger charge is -2.07. The molecule has 0 atom stereocenters. The summed E-state index contributed by atoms with van der Waals surface area (Å²) in [6.45, 7) is 2.75. The number of nitrogens with zero attached hydrogens (tertiary/aromatic N) is 2. The van der Waals surface area contributed by atoms with Gasteiger partial charge in [-0.15, -0.1) is 0 Å². The van der Waals surface area contributed by atoms with Crippen molar-refractivity contribution in [3.8, 4) is 0 Å². The largest absolute Gasteiger partial charge is 0.324 e. The Morgan fingerprint density at radius 3 is 2.70 bits per heavy atom. The van der Waals surface area contributed by atoms with Crippen LogP contribution in [-0.2, 0) is 11.3 Å². The van der Waals surface area contributed by atoms with Gasteiger partial charge in [-0.2, -0.15) is 0 Å². The fourth-order valence-electron chi connectivity index (χ4n) is 2.52. The zero-order valence-corrected chi connectivity index (χ0v) is 12.7. The number of fused-ring (bicyclic) bond motifs is 1. The highest BCUT2D eigenvalue weighted by Crippen LogP contribution is 2.17. The van der Waals surface area contributed by atoms with Crippen molar-refractivity contribution in [3.63, 3.8) is 0 Å². The molecule has 116 valence electrons. The first-order valence-corrected chi connectivity index (χ1v) is 7.30. The summed E-state index contributed by atoms with van der Waals surface area (Å²) in [6, 6.07) is 16.0. The van der Waals surface area contributed by atoms with E-state index in [9.17, 15) is 4.79 Å². The monoisotopic (exact) mass is 307 g/mol. The molecule has 1 heterocycles. The highest BCUT2D eigenvalue weighted by atomic mass is 16.5. The minimum Gasteiger partial charge on any atom is -0.324 e. The summed E-state index contributed by atoms with van der Waals surface area (Å²) in [6.07, 6.45) is 2.93. The summed E-state index contributed by atoms with van der Waals surface area (Å²) in [5.74, 6) is 0.435. The number of hydrogen-bond acceptors (Lipinski definition) is 3. The Morgan fingerprint density at radius 1 is 1.22 bits per heavy atom. The number of nitrogens with one attached hydrogen (secondary N) is 1. The van der Waals surface area contributed by atoms with E-state index in [4.69, 9.17) is 5.21 Å².